The first kappa shape index (κ1) is 9.60. The highest BCUT2D eigenvalue weighted by Gasteiger charge is 2.10. The van der Waals surface area contributed by atoms with E-state index in [0.717, 1.165) is 0 Å². The van der Waals surface area contributed by atoms with Crippen LogP contribution in [-0.4, -0.2) is 15.9 Å². The lowest BCUT2D eigenvalue weighted by Gasteiger charge is -2.03. The molecule has 2 aromatic rings. The molecule has 0 aliphatic rings. The number of nitrogens with zero attached hydrogens (tertiary/aromatic N) is 2. The van der Waals surface area contributed by atoms with Crippen LogP contribution in [0, 0.1) is 0 Å². The molecule has 0 radical (unpaired) electrons. The smallest absolute Gasteiger partial charge is 0.261 e. The van der Waals surface area contributed by atoms with Gasteiger partial charge in [0, 0.05) is 29.7 Å². The number of rotatable bonds is 2. The van der Waals surface area contributed by atoms with Crippen LogP contribution in [0.4, 0.5) is 10.8 Å². The molecule has 76 valence electrons. The second kappa shape index (κ2) is 4.05. The van der Waals surface area contributed by atoms with Crippen molar-refractivity contribution < 1.29 is 4.79 Å². The number of carbonyl (C=O) groups excluding carboxylic acids is 1. The van der Waals surface area contributed by atoms with Gasteiger partial charge in [0.05, 0.1) is 5.56 Å². The van der Waals surface area contributed by atoms with Crippen molar-refractivity contribution in [2.24, 2.45) is 0 Å². The van der Waals surface area contributed by atoms with Gasteiger partial charge in [-0.15, -0.1) is 11.3 Å². The second-order valence-corrected chi connectivity index (χ2v) is 3.65. The van der Waals surface area contributed by atoms with Crippen molar-refractivity contribution in [2.45, 2.75) is 0 Å². The average molecular weight is 220 g/mol. The monoisotopic (exact) mass is 220 g/mol. The summed E-state index contributed by atoms with van der Waals surface area (Å²) in [7, 11) is 0. The van der Waals surface area contributed by atoms with E-state index in [1.807, 2.05) is 0 Å². The number of hydrogen-bond acceptors (Lipinski definition) is 5. The van der Waals surface area contributed by atoms with E-state index in [1.165, 1.54) is 23.7 Å². The number of amides is 1. The molecule has 1 amide bonds. The molecular formula is C9H8N4OS. The first-order chi connectivity index (χ1) is 7.27. The Bertz CT molecular complexity index is 469. The van der Waals surface area contributed by atoms with Crippen molar-refractivity contribution in [3.63, 3.8) is 0 Å². The first-order valence-electron chi connectivity index (χ1n) is 4.17. The topological polar surface area (TPSA) is 80.9 Å². The summed E-state index contributed by atoms with van der Waals surface area (Å²) in [4.78, 5) is 19.4. The molecule has 15 heavy (non-hydrogen) atoms. The summed E-state index contributed by atoms with van der Waals surface area (Å²) in [6.07, 6.45) is 4.58. The third kappa shape index (κ3) is 2.10. The van der Waals surface area contributed by atoms with Gasteiger partial charge in [-0.05, 0) is 6.07 Å². The fourth-order valence-electron chi connectivity index (χ4n) is 1.04. The lowest BCUT2D eigenvalue weighted by molar-refractivity contribution is 0.102. The van der Waals surface area contributed by atoms with Gasteiger partial charge in [0.15, 0.2) is 5.13 Å². The van der Waals surface area contributed by atoms with Gasteiger partial charge in [-0.25, -0.2) is 4.98 Å². The van der Waals surface area contributed by atoms with Crippen molar-refractivity contribution in [3.05, 3.63) is 35.6 Å². The minimum absolute atomic E-state index is 0.296. The number of nitrogens with two attached hydrogens (primary N) is 1. The summed E-state index contributed by atoms with van der Waals surface area (Å²) in [6, 6.07) is 1.58. The minimum Gasteiger partial charge on any atom is -0.398 e. The number of anilines is 2. The van der Waals surface area contributed by atoms with E-state index in [-0.39, 0.29) is 5.91 Å². The molecule has 0 aromatic carbocycles. The number of pyridine rings is 1. The van der Waals surface area contributed by atoms with Gasteiger partial charge in [0.25, 0.3) is 5.91 Å². The summed E-state index contributed by atoms with van der Waals surface area (Å²) in [5, 5.41) is 4.95. The highest BCUT2D eigenvalue weighted by molar-refractivity contribution is 7.13. The molecule has 0 fully saturated rings. The van der Waals surface area contributed by atoms with Crippen LogP contribution in [0.2, 0.25) is 0 Å². The van der Waals surface area contributed by atoms with Crippen molar-refractivity contribution in [1.82, 2.24) is 9.97 Å². The van der Waals surface area contributed by atoms with E-state index in [4.69, 9.17) is 5.73 Å². The number of carbonyl (C=O) groups is 1. The van der Waals surface area contributed by atoms with Gasteiger partial charge < -0.3 is 5.73 Å². The molecule has 2 rings (SSSR count). The lowest BCUT2D eigenvalue weighted by Crippen LogP contribution is -2.14. The lowest BCUT2D eigenvalue weighted by atomic mass is 10.2. The Hall–Kier alpha value is -1.95. The molecule has 0 atom stereocenters. The van der Waals surface area contributed by atoms with Crippen LogP contribution in [0.5, 0.6) is 0 Å². The Kier molecular flexibility index (Phi) is 2.59. The van der Waals surface area contributed by atoms with E-state index < -0.39 is 0 Å². The molecule has 5 nitrogen and oxygen atoms in total. The molecule has 2 heterocycles. The maximum absolute atomic E-state index is 11.7. The van der Waals surface area contributed by atoms with Crippen LogP contribution < -0.4 is 11.1 Å². The summed E-state index contributed by atoms with van der Waals surface area (Å²) in [5.74, 6) is -0.296. The van der Waals surface area contributed by atoms with E-state index in [0.29, 0.717) is 16.4 Å². The molecule has 2 aromatic heterocycles. The van der Waals surface area contributed by atoms with Gasteiger partial charge in [0.1, 0.15) is 0 Å². The van der Waals surface area contributed by atoms with E-state index in [2.05, 4.69) is 15.3 Å². The Balaban J connectivity index is 2.19. The number of aromatic nitrogens is 2. The highest BCUT2D eigenvalue weighted by atomic mass is 32.1. The third-order valence-electron chi connectivity index (χ3n) is 1.75. The van der Waals surface area contributed by atoms with Crippen LogP contribution in [0.25, 0.3) is 0 Å². The van der Waals surface area contributed by atoms with E-state index >= 15 is 0 Å². The molecule has 3 N–H and O–H groups in total. The zero-order valence-corrected chi connectivity index (χ0v) is 8.49. The molecule has 0 unspecified atom stereocenters. The number of nitrogen functional groups attached to an aromatic ring is 1. The minimum atomic E-state index is -0.296. The standard InChI is InChI=1S/C9H8N4OS/c10-7-1-2-11-5-6(7)8(14)13-9-12-3-4-15-9/h1-5H,(H2,10,11)(H,12,13,14). The molecule has 0 aliphatic heterocycles. The predicted molar refractivity (Wildman–Crippen MR) is 58.7 cm³/mol. The SMILES string of the molecule is Nc1ccncc1C(=O)Nc1nccs1. The fourth-order valence-corrected chi connectivity index (χ4v) is 1.57. The van der Waals surface area contributed by atoms with Crippen molar-refractivity contribution in [2.75, 3.05) is 11.1 Å². The van der Waals surface area contributed by atoms with Gasteiger partial charge >= 0.3 is 0 Å². The number of hydrogen-bond donors (Lipinski definition) is 2. The average Bonchev–Trinajstić information content (AvgIpc) is 2.71. The predicted octanol–water partition coefficient (Wildman–Crippen LogP) is 1.37. The molecular weight excluding hydrogens is 212 g/mol. The van der Waals surface area contributed by atoms with Crippen LogP contribution in [0.15, 0.2) is 30.0 Å². The zero-order valence-electron chi connectivity index (χ0n) is 7.68. The van der Waals surface area contributed by atoms with Crippen LogP contribution in [-0.2, 0) is 0 Å². The van der Waals surface area contributed by atoms with Crippen LogP contribution >= 0.6 is 11.3 Å². The molecule has 6 heteroatoms. The molecule has 0 spiro atoms. The molecule has 0 aliphatic carbocycles. The van der Waals surface area contributed by atoms with Crippen molar-refractivity contribution in [3.8, 4) is 0 Å². The maximum atomic E-state index is 11.7. The van der Waals surface area contributed by atoms with Crippen LogP contribution in [0.1, 0.15) is 10.4 Å². The van der Waals surface area contributed by atoms with E-state index in [1.54, 1.807) is 17.6 Å². The van der Waals surface area contributed by atoms with Gasteiger partial charge in [-0.2, -0.15) is 0 Å². The Morgan fingerprint density at radius 2 is 2.33 bits per heavy atom. The molecule has 0 saturated carbocycles. The van der Waals surface area contributed by atoms with Gasteiger partial charge in [-0.1, -0.05) is 0 Å². The maximum Gasteiger partial charge on any atom is 0.261 e. The zero-order chi connectivity index (χ0) is 10.7. The quantitative estimate of drug-likeness (QED) is 0.801. The van der Waals surface area contributed by atoms with Crippen LogP contribution in [0.3, 0.4) is 0 Å². The first-order valence-corrected chi connectivity index (χ1v) is 5.05. The number of nitrogens with one attached hydrogen (secondary N) is 1. The Morgan fingerprint density at radius 1 is 1.47 bits per heavy atom. The fraction of sp³-hybridized carbons (Fsp3) is 0. The molecule has 0 saturated heterocycles. The van der Waals surface area contributed by atoms with Crippen molar-refractivity contribution in [1.29, 1.82) is 0 Å². The Labute approximate surface area is 90.0 Å². The summed E-state index contributed by atoms with van der Waals surface area (Å²) in [6.45, 7) is 0. The summed E-state index contributed by atoms with van der Waals surface area (Å²) >= 11 is 1.35. The normalized spacial score (nSPS) is 9.87. The van der Waals surface area contributed by atoms with E-state index in [9.17, 15) is 4.79 Å². The summed E-state index contributed by atoms with van der Waals surface area (Å²) < 4.78 is 0. The van der Waals surface area contributed by atoms with Gasteiger partial charge in [-0.3, -0.25) is 15.1 Å². The van der Waals surface area contributed by atoms with Gasteiger partial charge in [0.2, 0.25) is 0 Å². The largest absolute Gasteiger partial charge is 0.398 e. The van der Waals surface area contributed by atoms with Crippen molar-refractivity contribution >= 4 is 28.1 Å². The third-order valence-corrected chi connectivity index (χ3v) is 2.44. The molecule has 0 bridgehead atoms. The number of thiazole rings is 1. The second-order valence-electron chi connectivity index (χ2n) is 2.75. The summed E-state index contributed by atoms with van der Waals surface area (Å²) in [5.41, 5.74) is 6.39. The highest BCUT2D eigenvalue weighted by Crippen LogP contribution is 2.14. The Morgan fingerprint density at radius 3 is 3.00 bits per heavy atom.